The van der Waals surface area contributed by atoms with Gasteiger partial charge in [-0.15, -0.1) is 0 Å². The molecule has 0 unspecified atom stereocenters. The molecule has 1 aromatic carbocycles. The van der Waals surface area contributed by atoms with Crippen molar-refractivity contribution < 1.29 is 58.9 Å². The predicted molar refractivity (Wildman–Crippen MR) is 113 cm³/mol. The number of phenols is 1. The molecule has 184 valence electrons. The quantitative estimate of drug-likeness (QED) is 0.196. The number of aromatic hydroxyl groups is 1. The largest absolute Gasteiger partial charge is 1.00 e. The van der Waals surface area contributed by atoms with Gasteiger partial charge in [-0.1, -0.05) is 12.1 Å². The molecule has 0 saturated heterocycles. The number of nitrogens with zero attached hydrogens (tertiary/aromatic N) is 1. The molecular formula is C22H25ClN2O9. The van der Waals surface area contributed by atoms with E-state index in [1.165, 1.54) is 44.1 Å². The normalized spacial score (nSPS) is 34.9. The number of rotatable bonds is 2. The molecule has 8 N–H and O–H groups in total. The summed E-state index contributed by atoms with van der Waals surface area (Å²) in [7, 11) is 2.80. The number of aliphatic hydroxyl groups excluding tert-OH is 3. The molecule has 6 atom stereocenters. The van der Waals surface area contributed by atoms with E-state index in [1.54, 1.807) is 0 Å². The van der Waals surface area contributed by atoms with Crippen molar-refractivity contribution >= 4 is 23.2 Å². The van der Waals surface area contributed by atoms with Crippen LogP contribution in [0.5, 0.6) is 5.75 Å². The number of benzene rings is 1. The molecule has 0 spiro atoms. The average molecular weight is 497 g/mol. The van der Waals surface area contributed by atoms with Crippen molar-refractivity contribution in [2.75, 3.05) is 14.1 Å². The molecule has 12 heteroatoms. The van der Waals surface area contributed by atoms with Crippen LogP contribution >= 0.6 is 0 Å². The van der Waals surface area contributed by atoms with Crippen LogP contribution in [0.15, 0.2) is 35.1 Å². The summed E-state index contributed by atoms with van der Waals surface area (Å²) in [6.07, 6.45) is -1.87. The van der Waals surface area contributed by atoms with Crippen molar-refractivity contribution in [3.05, 3.63) is 46.2 Å². The van der Waals surface area contributed by atoms with E-state index in [2.05, 4.69) is 0 Å². The fraction of sp³-hybridized carbons (Fsp3) is 0.409. The van der Waals surface area contributed by atoms with Crippen molar-refractivity contribution in [3.8, 4) is 5.75 Å². The zero-order valence-corrected chi connectivity index (χ0v) is 19.1. The lowest BCUT2D eigenvalue weighted by atomic mass is 9.53. The van der Waals surface area contributed by atoms with Gasteiger partial charge in [0.05, 0.1) is 40.7 Å². The Labute approximate surface area is 201 Å². The topological polar surface area (TPSA) is 202 Å². The third kappa shape index (κ3) is 2.88. The van der Waals surface area contributed by atoms with Crippen molar-refractivity contribution in [3.63, 3.8) is 0 Å². The van der Waals surface area contributed by atoms with Gasteiger partial charge in [-0.2, -0.15) is 0 Å². The number of carbonyl (C=O) groups is 3. The van der Waals surface area contributed by atoms with E-state index in [9.17, 15) is 45.0 Å². The van der Waals surface area contributed by atoms with Gasteiger partial charge in [-0.25, -0.2) is 0 Å². The second kappa shape index (κ2) is 7.79. The Balaban J connectivity index is 0.00000216. The molecule has 3 aliphatic rings. The maximum absolute atomic E-state index is 13.7. The fourth-order valence-corrected chi connectivity index (χ4v) is 5.60. The molecule has 1 aromatic rings. The smallest absolute Gasteiger partial charge is 1.00 e. The summed E-state index contributed by atoms with van der Waals surface area (Å²) in [5.41, 5.74) is -1.78. The van der Waals surface area contributed by atoms with Gasteiger partial charge in [0.2, 0.25) is 5.78 Å². The first kappa shape index (κ1) is 25.7. The third-order valence-corrected chi connectivity index (χ3v) is 7.03. The van der Waals surface area contributed by atoms with E-state index in [0.29, 0.717) is 0 Å². The summed E-state index contributed by atoms with van der Waals surface area (Å²) in [5, 5.41) is 66.3. The number of halogens is 1. The Morgan fingerprint density at radius 3 is 2.26 bits per heavy atom. The molecule has 34 heavy (non-hydrogen) atoms. The van der Waals surface area contributed by atoms with Gasteiger partial charge < -0.3 is 48.8 Å². The number of hydrogen-bond donors (Lipinski definition) is 7. The third-order valence-electron chi connectivity index (χ3n) is 7.03. The second-order valence-electron chi connectivity index (χ2n) is 9.06. The highest BCUT2D eigenvalue weighted by Crippen LogP contribution is 2.57. The van der Waals surface area contributed by atoms with E-state index in [0.717, 1.165) is 0 Å². The van der Waals surface area contributed by atoms with E-state index in [1.807, 2.05) is 0 Å². The van der Waals surface area contributed by atoms with Crippen molar-refractivity contribution in [1.82, 2.24) is 4.90 Å². The molecule has 3 aliphatic carbocycles. The monoisotopic (exact) mass is 496 g/mol. The van der Waals surface area contributed by atoms with E-state index >= 15 is 0 Å². The van der Waals surface area contributed by atoms with Crippen LogP contribution < -0.4 is 18.1 Å². The Bertz CT molecular complexity index is 1200. The maximum Gasteiger partial charge on any atom is 1.00 e. The molecule has 1 saturated carbocycles. The number of nitrogens with two attached hydrogens (primary N) is 1. The minimum absolute atomic E-state index is 0. The molecule has 0 heterocycles. The molecule has 4 rings (SSSR count). The Morgan fingerprint density at radius 1 is 1.15 bits per heavy atom. The summed E-state index contributed by atoms with van der Waals surface area (Å²) in [5.74, 6) is -9.67. The number of hydrogen-bond acceptors (Lipinski definition) is 10. The summed E-state index contributed by atoms with van der Waals surface area (Å²) >= 11 is 0. The number of Topliss-reactive ketones (excluding diaryl/α,β-unsaturated/α-hetero) is 2. The predicted octanol–water partition coefficient (Wildman–Crippen LogP) is -4.28. The first-order valence-corrected chi connectivity index (χ1v) is 10.1. The number of amides is 1. The average Bonchev–Trinajstić information content (AvgIpc) is 2.70. The van der Waals surface area contributed by atoms with Gasteiger partial charge in [0.1, 0.15) is 22.8 Å². The van der Waals surface area contributed by atoms with Crippen LogP contribution in [0.25, 0.3) is 5.76 Å². The fourth-order valence-electron chi connectivity index (χ4n) is 5.60. The van der Waals surface area contributed by atoms with E-state index in [-0.39, 0.29) is 25.0 Å². The zero-order chi connectivity index (χ0) is 24.8. The first-order chi connectivity index (χ1) is 15.2. The highest BCUT2D eigenvalue weighted by molar-refractivity contribution is 6.24. The maximum atomic E-state index is 13.7. The van der Waals surface area contributed by atoms with Gasteiger partial charge in [-0.3, -0.25) is 19.3 Å². The minimum Gasteiger partial charge on any atom is -1.00 e. The summed E-state index contributed by atoms with van der Waals surface area (Å²) in [4.78, 5) is 39.9. The zero-order valence-electron chi connectivity index (χ0n) is 19.4. The van der Waals surface area contributed by atoms with Crippen molar-refractivity contribution in [1.29, 1.82) is 0 Å². The molecule has 0 radical (unpaired) electrons. The number of likely N-dealkylation sites (N-methyl/N-ethyl adjacent to an activating group) is 1. The van der Waals surface area contributed by atoms with Crippen LogP contribution in [0.2, 0.25) is 0 Å². The van der Waals surface area contributed by atoms with Crippen molar-refractivity contribution in [2.45, 2.75) is 30.3 Å². The number of phenolic OH excluding ortho intramolecular Hbond substituents is 1. The highest BCUT2D eigenvalue weighted by atomic mass is 35.5. The number of primary amides is 1. The van der Waals surface area contributed by atoms with Crippen LogP contribution in [0.4, 0.5) is 0 Å². The van der Waals surface area contributed by atoms with Crippen LogP contribution in [0.3, 0.4) is 0 Å². The van der Waals surface area contributed by atoms with Gasteiger partial charge in [0.15, 0.2) is 11.4 Å². The summed E-state index contributed by atoms with van der Waals surface area (Å²) < 4.78 is 0. The first-order valence-electron chi connectivity index (χ1n) is 10.1. The van der Waals surface area contributed by atoms with Gasteiger partial charge in [0, 0.05) is 0 Å². The molecule has 0 aromatic heterocycles. The van der Waals surface area contributed by atoms with Gasteiger partial charge in [0.25, 0.3) is 5.91 Å². The molecule has 0 aliphatic heterocycles. The highest BCUT2D eigenvalue weighted by Gasteiger charge is 2.70. The molecule has 1 amide bonds. The molecule has 11 nitrogen and oxygen atoms in total. The lowest BCUT2D eigenvalue weighted by molar-refractivity contribution is -0.181. The molecule has 1 fully saturated rings. The molecule has 0 bridgehead atoms. The number of carbonyl (C=O) groups excluding carboxylic acids is 3. The lowest BCUT2D eigenvalue weighted by Gasteiger charge is -2.55. The number of fused-ring (bicyclic) bond motifs is 3. The Kier molecular flexibility index (Phi) is 5.88. The van der Waals surface area contributed by atoms with Crippen LogP contribution in [0, 0.1) is 11.8 Å². The SMILES string of the molecule is CN(C)[C@@H]1C(=O)C(C(N)=O)=C(O)[C@@]2(O)C(=O)C3=C(O)c4c(O)cccc4[C@@](C)(O)[C@H]3[C@H](O)[C@@H]12.[Cl-].[H+]. The van der Waals surface area contributed by atoms with Crippen LogP contribution in [-0.2, 0) is 20.0 Å². The van der Waals surface area contributed by atoms with Gasteiger partial charge >= 0.3 is 1.43 Å². The summed E-state index contributed by atoms with van der Waals surface area (Å²) in [6, 6.07) is 2.50. The minimum atomic E-state index is -3.02. The lowest BCUT2D eigenvalue weighted by Crippen LogP contribution is -3.00. The number of aliphatic hydroxyl groups is 5. The molecular weight excluding hydrogens is 472 g/mol. The Morgan fingerprint density at radius 2 is 1.74 bits per heavy atom. The Hall–Kier alpha value is -2.96. The van der Waals surface area contributed by atoms with Crippen molar-refractivity contribution in [2.24, 2.45) is 17.6 Å². The van der Waals surface area contributed by atoms with E-state index < -0.39 is 81.1 Å². The van der Waals surface area contributed by atoms with Crippen LogP contribution in [-0.4, -0.2) is 84.9 Å². The van der Waals surface area contributed by atoms with E-state index in [4.69, 9.17) is 5.73 Å². The van der Waals surface area contributed by atoms with Gasteiger partial charge in [-0.05, 0) is 32.6 Å². The number of ketones is 2. The second-order valence-corrected chi connectivity index (χ2v) is 9.06. The summed E-state index contributed by atoms with van der Waals surface area (Å²) in [6.45, 7) is 1.25. The van der Waals surface area contributed by atoms with Crippen LogP contribution in [0.1, 0.15) is 19.5 Å². The standard InChI is InChI=1S/C22H24N2O9.ClH/c1-21(32)7-5-4-6-8(25)9(7)15(26)10-12(21)17(28)13-14(24(2)3)16(27)11(20(23)31)19(30)22(13,33)18(10)29;/h4-6,12-14,17,25-26,28,30,32-33H,1-3H3,(H2,23,31);1H/t12-,13-,14+,17+,21-,22+;/m1./s1.